The highest BCUT2D eigenvalue weighted by Crippen LogP contribution is 2.27. The van der Waals surface area contributed by atoms with E-state index in [-0.39, 0.29) is 5.56 Å². The van der Waals surface area contributed by atoms with Gasteiger partial charge in [-0.1, -0.05) is 19.1 Å². The smallest absolute Gasteiger partial charge is 0.258 e. The SMILES string of the molecule is CCSc1ccccc1NC(=O)c1ccc(N)cc1F. The highest BCUT2D eigenvalue weighted by atomic mass is 32.2. The van der Waals surface area contributed by atoms with E-state index in [1.165, 1.54) is 12.1 Å². The van der Waals surface area contributed by atoms with Crippen LogP contribution in [0.4, 0.5) is 15.8 Å². The van der Waals surface area contributed by atoms with Gasteiger partial charge in [0.25, 0.3) is 5.91 Å². The zero-order valence-corrected chi connectivity index (χ0v) is 11.8. The predicted molar refractivity (Wildman–Crippen MR) is 81.6 cm³/mol. The van der Waals surface area contributed by atoms with E-state index in [1.54, 1.807) is 17.8 Å². The molecule has 0 aliphatic heterocycles. The summed E-state index contributed by atoms with van der Waals surface area (Å²) in [4.78, 5) is 13.1. The van der Waals surface area contributed by atoms with Crippen LogP contribution in [0.2, 0.25) is 0 Å². The van der Waals surface area contributed by atoms with E-state index in [9.17, 15) is 9.18 Å². The molecule has 0 atom stereocenters. The van der Waals surface area contributed by atoms with Gasteiger partial charge < -0.3 is 11.1 Å². The summed E-state index contributed by atoms with van der Waals surface area (Å²) in [6.45, 7) is 2.03. The van der Waals surface area contributed by atoms with Gasteiger partial charge in [0, 0.05) is 10.6 Å². The third-order valence-electron chi connectivity index (χ3n) is 2.67. The van der Waals surface area contributed by atoms with Gasteiger partial charge in [-0.15, -0.1) is 11.8 Å². The summed E-state index contributed by atoms with van der Waals surface area (Å²) in [5, 5.41) is 2.73. The van der Waals surface area contributed by atoms with Crippen molar-refractivity contribution in [1.29, 1.82) is 0 Å². The van der Waals surface area contributed by atoms with Crippen LogP contribution in [0.25, 0.3) is 0 Å². The third kappa shape index (κ3) is 3.30. The molecule has 0 aliphatic rings. The number of nitrogens with one attached hydrogen (secondary N) is 1. The van der Waals surface area contributed by atoms with Crippen LogP contribution in [0.3, 0.4) is 0 Å². The first-order valence-corrected chi connectivity index (χ1v) is 7.18. The van der Waals surface area contributed by atoms with Gasteiger partial charge in [-0.2, -0.15) is 0 Å². The average Bonchev–Trinajstić information content (AvgIpc) is 2.41. The van der Waals surface area contributed by atoms with Crippen molar-refractivity contribution in [2.75, 3.05) is 16.8 Å². The van der Waals surface area contributed by atoms with E-state index in [2.05, 4.69) is 5.32 Å². The molecular weight excluding hydrogens is 275 g/mol. The van der Waals surface area contributed by atoms with Crippen molar-refractivity contribution in [2.24, 2.45) is 0 Å². The number of para-hydroxylation sites is 1. The number of halogens is 1. The monoisotopic (exact) mass is 290 g/mol. The molecule has 5 heteroatoms. The minimum absolute atomic E-state index is 0.0181. The minimum Gasteiger partial charge on any atom is -0.399 e. The topological polar surface area (TPSA) is 55.1 Å². The highest BCUT2D eigenvalue weighted by molar-refractivity contribution is 7.99. The van der Waals surface area contributed by atoms with Crippen LogP contribution in [0, 0.1) is 5.82 Å². The first-order valence-electron chi connectivity index (χ1n) is 6.20. The average molecular weight is 290 g/mol. The lowest BCUT2D eigenvalue weighted by molar-refractivity contribution is 0.102. The zero-order chi connectivity index (χ0) is 14.5. The van der Waals surface area contributed by atoms with Crippen LogP contribution in [-0.2, 0) is 0 Å². The Balaban J connectivity index is 2.23. The molecule has 0 aliphatic carbocycles. The number of carbonyl (C=O) groups is 1. The number of nitrogens with two attached hydrogens (primary N) is 1. The maximum atomic E-state index is 13.7. The number of benzene rings is 2. The highest BCUT2D eigenvalue weighted by Gasteiger charge is 2.13. The molecule has 1 amide bonds. The summed E-state index contributed by atoms with van der Waals surface area (Å²) >= 11 is 1.62. The number of rotatable bonds is 4. The number of nitrogen functional groups attached to an aromatic ring is 1. The van der Waals surface area contributed by atoms with Gasteiger partial charge in [0.1, 0.15) is 5.82 Å². The summed E-state index contributed by atoms with van der Waals surface area (Å²) in [7, 11) is 0. The van der Waals surface area contributed by atoms with Gasteiger partial charge in [0.05, 0.1) is 11.3 Å². The summed E-state index contributed by atoms with van der Waals surface area (Å²) in [5.74, 6) is -0.210. The van der Waals surface area contributed by atoms with Gasteiger partial charge in [-0.05, 0) is 36.1 Å². The first kappa shape index (κ1) is 14.4. The summed E-state index contributed by atoms with van der Waals surface area (Å²) < 4.78 is 13.7. The van der Waals surface area contributed by atoms with E-state index in [0.29, 0.717) is 11.4 Å². The van der Waals surface area contributed by atoms with Crippen LogP contribution in [0.1, 0.15) is 17.3 Å². The van der Waals surface area contributed by atoms with Gasteiger partial charge in [-0.3, -0.25) is 4.79 Å². The number of hydrogen-bond acceptors (Lipinski definition) is 3. The fourth-order valence-electron chi connectivity index (χ4n) is 1.76. The molecule has 3 N–H and O–H groups in total. The fourth-order valence-corrected chi connectivity index (χ4v) is 2.52. The van der Waals surface area contributed by atoms with Crippen molar-refractivity contribution >= 4 is 29.0 Å². The lowest BCUT2D eigenvalue weighted by Crippen LogP contribution is -2.14. The maximum absolute atomic E-state index is 13.7. The molecule has 0 unspecified atom stereocenters. The van der Waals surface area contributed by atoms with Crippen molar-refractivity contribution in [3.8, 4) is 0 Å². The molecule has 0 radical (unpaired) electrons. The third-order valence-corrected chi connectivity index (χ3v) is 3.63. The molecule has 0 aromatic heterocycles. The van der Waals surface area contributed by atoms with Crippen LogP contribution in [0.5, 0.6) is 0 Å². The predicted octanol–water partition coefficient (Wildman–Crippen LogP) is 3.77. The minimum atomic E-state index is -0.622. The first-order chi connectivity index (χ1) is 9.61. The number of carbonyl (C=O) groups excluding carboxylic acids is 1. The lowest BCUT2D eigenvalue weighted by atomic mass is 10.1. The molecule has 2 aromatic carbocycles. The van der Waals surface area contributed by atoms with Gasteiger partial charge in [0.2, 0.25) is 0 Å². The van der Waals surface area contributed by atoms with Gasteiger partial charge >= 0.3 is 0 Å². The van der Waals surface area contributed by atoms with Crippen molar-refractivity contribution in [1.82, 2.24) is 0 Å². The molecule has 2 rings (SSSR count). The molecule has 0 saturated heterocycles. The number of amides is 1. The normalized spacial score (nSPS) is 10.3. The van der Waals surface area contributed by atoms with Crippen molar-refractivity contribution in [3.63, 3.8) is 0 Å². The van der Waals surface area contributed by atoms with E-state index in [1.807, 2.05) is 25.1 Å². The van der Waals surface area contributed by atoms with Crippen LogP contribution in [0.15, 0.2) is 47.4 Å². The molecular formula is C15H15FN2OS. The molecule has 104 valence electrons. The number of thioether (sulfide) groups is 1. The Morgan fingerprint density at radius 3 is 2.75 bits per heavy atom. The molecule has 0 spiro atoms. The molecule has 0 bridgehead atoms. The Labute approximate surface area is 121 Å². The Morgan fingerprint density at radius 2 is 2.05 bits per heavy atom. The molecule has 0 heterocycles. The number of anilines is 2. The van der Waals surface area contributed by atoms with Crippen LogP contribution in [-0.4, -0.2) is 11.7 Å². The maximum Gasteiger partial charge on any atom is 0.258 e. The summed E-state index contributed by atoms with van der Waals surface area (Å²) in [5.41, 5.74) is 6.42. The quantitative estimate of drug-likeness (QED) is 0.665. The molecule has 0 saturated carbocycles. The van der Waals surface area contributed by atoms with Crippen molar-refractivity contribution in [3.05, 3.63) is 53.8 Å². The zero-order valence-electron chi connectivity index (χ0n) is 11.0. The van der Waals surface area contributed by atoms with E-state index in [0.717, 1.165) is 16.7 Å². The van der Waals surface area contributed by atoms with E-state index >= 15 is 0 Å². The van der Waals surface area contributed by atoms with Crippen LogP contribution >= 0.6 is 11.8 Å². The van der Waals surface area contributed by atoms with Crippen molar-refractivity contribution < 1.29 is 9.18 Å². The standard InChI is InChI=1S/C15H15FN2OS/c1-2-20-14-6-4-3-5-13(14)18-15(19)11-8-7-10(17)9-12(11)16/h3-9H,2,17H2,1H3,(H,18,19). The van der Waals surface area contributed by atoms with Crippen molar-refractivity contribution in [2.45, 2.75) is 11.8 Å². The van der Waals surface area contributed by atoms with Gasteiger partial charge in [-0.25, -0.2) is 4.39 Å². The largest absolute Gasteiger partial charge is 0.399 e. The molecule has 20 heavy (non-hydrogen) atoms. The Kier molecular flexibility index (Phi) is 4.63. The second-order valence-corrected chi connectivity index (χ2v) is 5.43. The van der Waals surface area contributed by atoms with E-state index < -0.39 is 11.7 Å². The summed E-state index contributed by atoms with van der Waals surface area (Å²) in [6.07, 6.45) is 0. The van der Waals surface area contributed by atoms with E-state index in [4.69, 9.17) is 5.73 Å². The Hall–Kier alpha value is -2.01. The van der Waals surface area contributed by atoms with Crippen LogP contribution < -0.4 is 11.1 Å². The van der Waals surface area contributed by atoms with Gasteiger partial charge in [0.15, 0.2) is 0 Å². The number of hydrogen-bond donors (Lipinski definition) is 2. The Morgan fingerprint density at radius 1 is 1.30 bits per heavy atom. The molecule has 3 nitrogen and oxygen atoms in total. The fraction of sp³-hybridized carbons (Fsp3) is 0.133. The molecule has 2 aromatic rings. The Bertz CT molecular complexity index is 631. The molecule has 0 fully saturated rings. The second-order valence-electron chi connectivity index (χ2n) is 4.12. The summed E-state index contributed by atoms with van der Waals surface area (Å²) in [6, 6.07) is 11.5. The second kappa shape index (κ2) is 6.43. The lowest BCUT2D eigenvalue weighted by Gasteiger charge is -2.10.